The molecule has 10 nitrogen and oxygen atoms in total. The molecule has 1 aromatic carbocycles. The van der Waals surface area contributed by atoms with Gasteiger partial charge in [-0.1, -0.05) is 32.0 Å². The molecule has 5 aromatic rings. The number of benzene rings is 1. The number of hydrogen-bond donors (Lipinski definition) is 1. The zero-order valence-corrected chi connectivity index (χ0v) is 22.8. The highest BCUT2D eigenvalue weighted by atomic mass is 35.5. The van der Waals surface area contributed by atoms with E-state index in [-0.39, 0.29) is 53.1 Å². The lowest BCUT2D eigenvalue weighted by molar-refractivity contribution is 0.0937. The summed E-state index contributed by atoms with van der Waals surface area (Å²) in [4.78, 5) is 20.9. The van der Waals surface area contributed by atoms with Crippen LogP contribution in [0.4, 0.5) is 13.2 Å². The van der Waals surface area contributed by atoms with E-state index in [1.165, 1.54) is 18.5 Å². The van der Waals surface area contributed by atoms with Crippen LogP contribution >= 0.6 is 12.4 Å². The van der Waals surface area contributed by atoms with Crippen LogP contribution < -0.4 is 5.32 Å². The van der Waals surface area contributed by atoms with Gasteiger partial charge in [-0.2, -0.15) is 15.2 Å². The summed E-state index contributed by atoms with van der Waals surface area (Å²) >= 11 is 0. The zero-order valence-electron chi connectivity index (χ0n) is 22.0. The Morgan fingerprint density at radius 1 is 1.15 bits per heavy atom. The number of rotatable bonds is 7. The van der Waals surface area contributed by atoms with Gasteiger partial charge in [0, 0.05) is 54.5 Å². The predicted molar refractivity (Wildman–Crippen MR) is 142 cm³/mol. The van der Waals surface area contributed by atoms with Crippen LogP contribution in [0, 0.1) is 5.82 Å². The van der Waals surface area contributed by atoms with Crippen LogP contribution in [0.5, 0.6) is 0 Å². The van der Waals surface area contributed by atoms with Gasteiger partial charge in [-0.3, -0.25) is 9.48 Å². The third-order valence-corrected chi connectivity index (χ3v) is 6.11. The van der Waals surface area contributed by atoms with Crippen molar-refractivity contribution in [2.75, 3.05) is 0 Å². The van der Waals surface area contributed by atoms with Crippen LogP contribution in [0.1, 0.15) is 48.4 Å². The van der Waals surface area contributed by atoms with Crippen molar-refractivity contribution in [2.24, 2.45) is 7.05 Å². The normalized spacial score (nSPS) is 11.7. The van der Waals surface area contributed by atoms with E-state index < -0.39 is 30.0 Å². The Balaban J connectivity index is 0.00000370. The van der Waals surface area contributed by atoms with Gasteiger partial charge in [0.1, 0.15) is 17.8 Å². The second-order valence-corrected chi connectivity index (χ2v) is 10.1. The average Bonchev–Trinajstić information content (AvgIpc) is 3.63. The van der Waals surface area contributed by atoms with Crippen LogP contribution in [-0.2, 0) is 25.4 Å². The highest BCUT2D eigenvalue weighted by Crippen LogP contribution is 2.32. The molecule has 0 atom stereocenters. The Hall–Kier alpha value is -4.26. The molecular formula is C26H26ClF3N8O2. The van der Waals surface area contributed by atoms with E-state index in [1.807, 2.05) is 27.0 Å². The largest absolute Gasteiger partial charge is 0.345 e. The third-order valence-electron chi connectivity index (χ3n) is 6.11. The molecule has 0 aliphatic heterocycles. The molecule has 5 rings (SSSR count). The lowest BCUT2D eigenvalue weighted by Crippen LogP contribution is -2.25. The van der Waals surface area contributed by atoms with E-state index in [0.29, 0.717) is 5.52 Å². The van der Waals surface area contributed by atoms with Crippen molar-refractivity contribution in [3.8, 4) is 22.4 Å². The molecule has 0 aliphatic carbocycles. The molecule has 1 amide bonds. The van der Waals surface area contributed by atoms with Crippen LogP contribution in [0.2, 0.25) is 0 Å². The fraction of sp³-hybridized carbons (Fsp3) is 0.308. The maximum Gasteiger partial charge on any atom is 0.292 e. The third kappa shape index (κ3) is 5.69. The number of carbonyl (C=O) groups excluding carboxylic acids is 1. The number of fused-ring (bicyclic) bond motifs is 1. The fourth-order valence-electron chi connectivity index (χ4n) is 4.13. The first kappa shape index (κ1) is 28.7. The molecule has 0 radical (unpaired) electrons. The number of amides is 1. The predicted octanol–water partition coefficient (Wildman–Crippen LogP) is 4.78. The number of hydrogen-bond acceptors (Lipinski definition) is 7. The maximum absolute atomic E-state index is 15.9. The first-order valence-corrected chi connectivity index (χ1v) is 12.0. The van der Waals surface area contributed by atoms with Crippen LogP contribution in [0.25, 0.3) is 27.9 Å². The van der Waals surface area contributed by atoms with Crippen molar-refractivity contribution >= 4 is 23.8 Å². The second-order valence-electron chi connectivity index (χ2n) is 10.1. The number of aromatic nitrogens is 7. The molecular weight excluding hydrogens is 549 g/mol. The molecule has 0 bridgehead atoms. The quantitative estimate of drug-likeness (QED) is 0.297. The summed E-state index contributed by atoms with van der Waals surface area (Å²) in [5.74, 6) is -1.44. The van der Waals surface area contributed by atoms with Gasteiger partial charge in [-0.05, 0) is 23.3 Å². The van der Waals surface area contributed by atoms with Gasteiger partial charge in [0.2, 0.25) is 12.3 Å². The van der Waals surface area contributed by atoms with Crippen molar-refractivity contribution in [1.82, 2.24) is 39.8 Å². The van der Waals surface area contributed by atoms with Crippen LogP contribution in [0.15, 0.2) is 47.6 Å². The van der Waals surface area contributed by atoms with Crippen molar-refractivity contribution in [1.29, 1.82) is 0 Å². The van der Waals surface area contributed by atoms with Crippen LogP contribution in [-0.4, -0.2) is 46.9 Å². The van der Waals surface area contributed by atoms with E-state index in [2.05, 4.69) is 30.6 Å². The summed E-state index contributed by atoms with van der Waals surface area (Å²) in [5, 5.41) is 14.6. The SMILES string of the molecule is Cl.Cn1cc(-c2cc3c(-c4ccc(CNC(=O)c5noc(C(C)(C)C)n5)c(CC(F)F)c4F)ncnn3c2)cn1. The minimum Gasteiger partial charge on any atom is -0.345 e. The minimum atomic E-state index is -2.81. The van der Waals surface area contributed by atoms with Gasteiger partial charge in [0.05, 0.1) is 11.7 Å². The van der Waals surface area contributed by atoms with E-state index >= 15 is 4.39 Å². The molecule has 4 heterocycles. The van der Waals surface area contributed by atoms with Gasteiger partial charge in [-0.15, -0.1) is 12.4 Å². The first-order valence-electron chi connectivity index (χ1n) is 12.0. The lowest BCUT2D eigenvalue weighted by atomic mass is 9.97. The van der Waals surface area contributed by atoms with Gasteiger partial charge in [0.15, 0.2) is 0 Å². The lowest BCUT2D eigenvalue weighted by Gasteiger charge is -2.14. The molecule has 0 fully saturated rings. The number of aryl methyl sites for hydroxylation is 1. The summed E-state index contributed by atoms with van der Waals surface area (Å²) in [6, 6.07) is 4.73. The van der Waals surface area contributed by atoms with Gasteiger partial charge in [0.25, 0.3) is 11.7 Å². The number of nitrogens with zero attached hydrogens (tertiary/aromatic N) is 7. The van der Waals surface area contributed by atoms with Gasteiger partial charge in [-0.25, -0.2) is 22.7 Å². The number of carbonyl (C=O) groups is 1. The van der Waals surface area contributed by atoms with E-state index in [4.69, 9.17) is 4.52 Å². The summed E-state index contributed by atoms with van der Waals surface area (Å²) in [6.45, 7) is 5.33. The number of nitrogens with one attached hydrogen (secondary N) is 1. The fourth-order valence-corrected chi connectivity index (χ4v) is 4.13. The molecule has 0 aliphatic rings. The van der Waals surface area contributed by atoms with Crippen molar-refractivity contribution in [3.05, 3.63) is 71.8 Å². The van der Waals surface area contributed by atoms with E-state index in [0.717, 1.165) is 11.1 Å². The Morgan fingerprint density at radius 3 is 2.58 bits per heavy atom. The van der Waals surface area contributed by atoms with Crippen molar-refractivity contribution in [3.63, 3.8) is 0 Å². The Labute approximate surface area is 233 Å². The first-order chi connectivity index (χ1) is 18.5. The van der Waals surface area contributed by atoms with Gasteiger partial charge >= 0.3 is 0 Å². The number of halogens is 4. The van der Waals surface area contributed by atoms with Crippen molar-refractivity contribution < 1.29 is 22.5 Å². The Bertz CT molecular complexity index is 1670. The molecule has 14 heteroatoms. The smallest absolute Gasteiger partial charge is 0.292 e. The maximum atomic E-state index is 15.9. The standard InChI is InChI=1S/C26H25F3N8O2.ClH/c1-26(2,3)25-34-23(35-39-25)24(38)30-9-14-5-6-17(21(29)18(14)8-20(27)28)22-19-7-15(12-37(19)33-13-31-22)16-10-32-36(4)11-16;/h5-7,10-13,20H,8-9H2,1-4H3,(H,30,38);1H. The Kier molecular flexibility index (Phi) is 7.96. The molecule has 1 N–H and O–H groups in total. The summed E-state index contributed by atoms with van der Waals surface area (Å²) in [7, 11) is 1.79. The van der Waals surface area contributed by atoms with Crippen LogP contribution in [0.3, 0.4) is 0 Å². The monoisotopic (exact) mass is 574 g/mol. The second kappa shape index (κ2) is 11.1. The highest BCUT2D eigenvalue weighted by Gasteiger charge is 2.25. The minimum absolute atomic E-state index is 0. The van der Waals surface area contributed by atoms with E-state index in [1.54, 1.807) is 34.7 Å². The molecule has 4 aromatic heterocycles. The van der Waals surface area contributed by atoms with E-state index in [9.17, 15) is 13.6 Å². The molecule has 0 spiro atoms. The summed E-state index contributed by atoms with van der Waals surface area (Å²) < 4.78 is 51.2. The van der Waals surface area contributed by atoms with Gasteiger partial charge < -0.3 is 9.84 Å². The molecule has 0 saturated carbocycles. The topological polar surface area (TPSA) is 116 Å². The Morgan fingerprint density at radius 2 is 1.93 bits per heavy atom. The molecule has 40 heavy (non-hydrogen) atoms. The van der Waals surface area contributed by atoms with Crippen molar-refractivity contribution in [2.45, 2.75) is 45.6 Å². The summed E-state index contributed by atoms with van der Waals surface area (Å²) in [5.41, 5.74) is 1.90. The summed E-state index contributed by atoms with van der Waals surface area (Å²) in [6.07, 6.45) is 2.88. The average molecular weight is 575 g/mol. The highest BCUT2D eigenvalue weighted by molar-refractivity contribution is 5.90. The zero-order chi connectivity index (χ0) is 27.9. The molecule has 0 unspecified atom stereocenters. The number of alkyl halides is 2. The molecule has 0 saturated heterocycles. The molecule has 210 valence electrons.